The number of rotatable bonds is 14. The van der Waals surface area contributed by atoms with Crippen LogP contribution in [-0.4, -0.2) is 80.3 Å². The smallest absolute Gasteiger partial charge is 0.310 e. The summed E-state index contributed by atoms with van der Waals surface area (Å²) < 4.78 is 55.9. The summed E-state index contributed by atoms with van der Waals surface area (Å²) in [7, 11) is 9.05. The maximum absolute atomic E-state index is 13.6. The van der Waals surface area contributed by atoms with Crippen LogP contribution in [0, 0.1) is 11.8 Å². The van der Waals surface area contributed by atoms with E-state index in [2.05, 4.69) is 5.32 Å². The maximum atomic E-state index is 13.6. The molecule has 0 bridgehead atoms. The van der Waals surface area contributed by atoms with Gasteiger partial charge in [0.15, 0.2) is 46.9 Å². The predicted molar refractivity (Wildman–Crippen MR) is 201 cm³/mol. The molecule has 1 saturated heterocycles. The molecule has 1 aliphatic carbocycles. The zero-order chi connectivity index (χ0) is 39.5. The summed E-state index contributed by atoms with van der Waals surface area (Å²) in [5, 5.41) is 3.11. The first-order valence-corrected chi connectivity index (χ1v) is 17.7. The van der Waals surface area contributed by atoms with Crippen molar-refractivity contribution in [3.63, 3.8) is 0 Å². The van der Waals surface area contributed by atoms with Crippen LogP contribution >= 0.6 is 0 Å². The third-order valence-electron chi connectivity index (χ3n) is 10.2. The fraction of sp³-hybridized carbons (Fsp3) is 0.310. The van der Waals surface area contributed by atoms with E-state index in [1.807, 2.05) is 24.3 Å². The Morgan fingerprint density at radius 2 is 1.30 bits per heavy atom. The number of nitrogens with one attached hydrogen (secondary N) is 1. The van der Waals surface area contributed by atoms with Crippen molar-refractivity contribution in [1.82, 2.24) is 5.32 Å². The lowest BCUT2D eigenvalue weighted by Crippen LogP contribution is -2.44. The van der Waals surface area contributed by atoms with Crippen LogP contribution in [0.1, 0.15) is 44.6 Å². The number of methoxy groups -OCH3 is 6. The zero-order valence-corrected chi connectivity index (χ0v) is 31.7. The molecule has 1 amide bonds. The van der Waals surface area contributed by atoms with Gasteiger partial charge < -0.3 is 52.7 Å². The highest BCUT2D eigenvalue weighted by molar-refractivity contribution is 6.07. The minimum Gasteiger partial charge on any atom is -0.493 e. The number of hydrogen-bond donors (Lipinski definition) is 1. The molecule has 14 heteroatoms. The summed E-state index contributed by atoms with van der Waals surface area (Å²) in [4.78, 5) is 40.1. The van der Waals surface area contributed by atoms with E-state index >= 15 is 0 Å². The highest BCUT2D eigenvalue weighted by atomic mass is 16.7. The lowest BCUT2D eigenvalue weighted by molar-refractivity contribution is -0.141. The quantitative estimate of drug-likeness (QED) is 0.0972. The molecular formula is C42H41NO13. The first-order valence-electron chi connectivity index (χ1n) is 17.7. The SMILES string of the molecule is COc1cc(C(=O)/C=C/c2ccc(OCC(=O)N[C@@H]3c4cc5c(cc4[C@@H](c4cc(OC)c(OC)c(OC)c4)[C@H]4C(=O)OC[C@@H]43)OCO5)cc2)cc(OC)c1OC. The minimum absolute atomic E-state index is 0.0465. The Balaban J connectivity index is 1.08. The van der Waals surface area contributed by atoms with Gasteiger partial charge in [0, 0.05) is 17.4 Å². The summed E-state index contributed by atoms with van der Waals surface area (Å²) in [6, 6.07) is 16.9. The van der Waals surface area contributed by atoms with Crippen molar-refractivity contribution in [2.24, 2.45) is 11.8 Å². The summed E-state index contributed by atoms with van der Waals surface area (Å²) >= 11 is 0. The molecular weight excluding hydrogens is 726 g/mol. The normalized spacial score (nSPS) is 19.0. The van der Waals surface area contributed by atoms with Crippen molar-refractivity contribution in [3.05, 3.63) is 94.6 Å². The average molecular weight is 768 g/mol. The number of carbonyl (C=O) groups is 3. The monoisotopic (exact) mass is 767 g/mol. The Kier molecular flexibility index (Phi) is 10.8. The van der Waals surface area contributed by atoms with E-state index in [9.17, 15) is 14.4 Å². The topological polar surface area (TPSA) is 156 Å². The third kappa shape index (κ3) is 7.05. The summed E-state index contributed by atoms with van der Waals surface area (Å²) in [5.41, 5.74) is 3.37. The standard InChI is InChI=1S/C42H41NO13/c1-47-32-13-23(14-33(48-2)40(32)51-5)29(44)12-9-22-7-10-25(11-8-22)53-20-36(45)43-39-27-18-31-30(55-21-56-31)17-26(27)37(38-28(39)19-54-42(38)46)24-15-34(49-3)41(52-6)35(16-24)50-4/h7-18,28,37-39H,19-21H2,1-6H3,(H,43,45)/b12-9+/t28-,37+,38-,39+/m0/s1. The molecule has 0 unspecified atom stereocenters. The minimum atomic E-state index is -0.654. The van der Waals surface area contributed by atoms with Crippen molar-refractivity contribution in [2.45, 2.75) is 12.0 Å². The van der Waals surface area contributed by atoms with Gasteiger partial charge in [-0.1, -0.05) is 18.2 Å². The van der Waals surface area contributed by atoms with Crippen LogP contribution in [0.5, 0.6) is 51.7 Å². The molecule has 7 rings (SSSR count). The van der Waals surface area contributed by atoms with Crippen LogP contribution in [0.15, 0.2) is 66.7 Å². The number of esters is 1. The highest BCUT2D eigenvalue weighted by Gasteiger charge is 2.53. The van der Waals surface area contributed by atoms with Gasteiger partial charge in [0.05, 0.1) is 61.2 Å². The van der Waals surface area contributed by atoms with E-state index in [4.69, 9.17) is 47.4 Å². The number of carbonyl (C=O) groups excluding carboxylic acids is 3. The lowest BCUT2D eigenvalue weighted by atomic mass is 9.65. The zero-order valence-electron chi connectivity index (χ0n) is 31.7. The summed E-state index contributed by atoms with van der Waals surface area (Å²) in [6.07, 6.45) is 3.11. The molecule has 292 valence electrons. The molecule has 0 spiro atoms. The molecule has 2 aliphatic heterocycles. The van der Waals surface area contributed by atoms with E-state index < -0.39 is 29.7 Å². The molecule has 4 atom stereocenters. The van der Waals surface area contributed by atoms with Gasteiger partial charge in [-0.15, -0.1) is 0 Å². The van der Waals surface area contributed by atoms with Crippen LogP contribution in [0.2, 0.25) is 0 Å². The van der Waals surface area contributed by atoms with Gasteiger partial charge in [-0.25, -0.2) is 0 Å². The Bertz CT molecular complexity index is 2130. The Hall–Kier alpha value is -6.57. The molecule has 56 heavy (non-hydrogen) atoms. The van der Waals surface area contributed by atoms with E-state index in [1.54, 1.807) is 42.5 Å². The van der Waals surface area contributed by atoms with E-state index in [-0.39, 0.29) is 31.8 Å². The molecule has 1 N–H and O–H groups in total. The van der Waals surface area contributed by atoms with Gasteiger partial charge in [-0.3, -0.25) is 14.4 Å². The summed E-state index contributed by atoms with van der Waals surface area (Å²) in [5.74, 6) is 1.33. The van der Waals surface area contributed by atoms with Crippen molar-refractivity contribution < 1.29 is 61.8 Å². The van der Waals surface area contributed by atoms with Crippen molar-refractivity contribution >= 4 is 23.7 Å². The molecule has 0 saturated carbocycles. The largest absolute Gasteiger partial charge is 0.493 e. The predicted octanol–water partition coefficient (Wildman–Crippen LogP) is 5.53. The number of cyclic esters (lactones) is 1. The van der Waals surface area contributed by atoms with Crippen LogP contribution in [0.25, 0.3) is 6.08 Å². The second-order valence-electron chi connectivity index (χ2n) is 13.1. The van der Waals surface area contributed by atoms with E-state index in [0.717, 1.165) is 22.3 Å². The molecule has 4 aromatic carbocycles. The maximum Gasteiger partial charge on any atom is 0.310 e. The van der Waals surface area contributed by atoms with Crippen LogP contribution in [0.4, 0.5) is 0 Å². The highest BCUT2D eigenvalue weighted by Crippen LogP contribution is 2.55. The fourth-order valence-electron chi connectivity index (χ4n) is 7.56. The second kappa shape index (κ2) is 16.0. The number of allylic oxidation sites excluding steroid dienone is 1. The number of ketones is 1. The van der Waals surface area contributed by atoms with Crippen LogP contribution < -0.4 is 47.9 Å². The number of ether oxygens (including phenoxy) is 10. The number of benzene rings is 4. The molecule has 4 aromatic rings. The van der Waals surface area contributed by atoms with Crippen LogP contribution in [0.3, 0.4) is 0 Å². The van der Waals surface area contributed by atoms with E-state index in [0.29, 0.717) is 57.3 Å². The van der Waals surface area contributed by atoms with E-state index in [1.165, 1.54) is 48.7 Å². The Morgan fingerprint density at radius 3 is 1.88 bits per heavy atom. The van der Waals surface area contributed by atoms with Gasteiger partial charge in [0.2, 0.25) is 18.3 Å². The van der Waals surface area contributed by atoms with Crippen molar-refractivity contribution in [1.29, 1.82) is 0 Å². The fourth-order valence-corrected chi connectivity index (χ4v) is 7.56. The average Bonchev–Trinajstić information content (AvgIpc) is 3.86. The number of hydrogen-bond acceptors (Lipinski definition) is 13. The van der Waals surface area contributed by atoms with Crippen LogP contribution in [-0.2, 0) is 14.3 Å². The molecule has 0 aromatic heterocycles. The van der Waals surface area contributed by atoms with Gasteiger partial charge in [-0.05, 0) is 76.9 Å². The van der Waals surface area contributed by atoms with Gasteiger partial charge >= 0.3 is 5.97 Å². The second-order valence-corrected chi connectivity index (χ2v) is 13.1. The van der Waals surface area contributed by atoms with Gasteiger partial charge in [0.25, 0.3) is 5.91 Å². The molecule has 3 aliphatic rings. The first kappa shape index (κ1) is 37.7. The lowest BCUT2D eigenvalue weighted by Gasteiger charge is -2.39. The number of fused-ring (bicyclic) bond motifs is 3. The Labute approximate surface area is 323 Å². The molecule has 1 fully saturated rings. The summed E-state index contributed by atoms with van der Waals surface area (Å²) in [6.45, 7) is -0.153. The van der Waals surface area contributed by atoms with Gasteiger partial charge in [0.1, 0.15) is 5.75 Å². The first-order chi connectivity index (χ1) is 27.2. The number of amides is 1. The van der Waals surface area contributed by atoms with Gasteiger partial charge in [-0.2, -0.15) is 0 Å². The van der Waals surface area contributed by atoms with Crippen molar-refractivity contribution in [2.75, 3.05) is 62.7 Å². The Morgan fingerprint density at radius 1 is 0.732 bits per heavy atom. The molecule has 2 heterocycles. The van der Waals surface area contributed by atoms with Crippen molar-refractivity contribution in [3.8, 4) is 51.7 Å². The molecule has 0 radical (unpaired) electrons. The third-order valence-corrected chi connectivity index (χ3v) is 10.2. The molecule has 14 nitrogen and oxygen atoms in total.